The van der Waals surface area contributed by atoms with E-state index in [9.17, 15) is 10.2 Å². The van der Waals surface area contributed by atoms with Crippen LogP contribution in [0.25, 0.3) is 6.08 Å². The van der Waals surface area contributed by atoms with Gasteiger partial charge in [0, 0.05) is 0 Å². The Morgan fingerprint density at radius 3 is 2.76 bits per heavy atom. The quantitative estimate of drug-likeness (QED) is 0.660. The zero-order valence-corrected chi connectivity index (χ0v) is 15.8. The third kappa shape index (κ3) is 5.23. The Balaban J connectivity index is 1.93. The Morgan fingerprint density at radius 2 is 2.08 bits per heavy atom. The van der Waals surface area contributed by atoms with Crippen LogP contribution in [0.2, 0.25) is 0 Å². The van der Waals surface area contributed by atoms with Gasteiger partial charge in [0.2, 0.25) is 0 Å². The van der Waals surface area contributed by atoms with Crippen LogP contribution in [0, 0.1) is 6.92 Å². The molecule has 25 heavy (non-hydrogen) atoms. The SMILES string of the molecule is C=C(C)[C@H](O)CCC(C)=CCC[C@]1(C)C=Cc2c(O)cc(C)cc2O1. The molecule has 1 aliphatic rings. The molecule has 0 aliphatic carbocycles. The summed E-state index contributed by atoms with van der Waals surface area (Å²) < 4.78 is 6.16. The molecule has 0 radical (unpaired) electrons. The van der Waals surface area contributed by atoms with Crippen LogP contribution in [-0.2, 0) is 0 Å². The minimum absolute atomic E-state index is 0.264. The minimum Gasteiger partial charge on any atom is -0.507 e. The van der Waals surface area contributed by atoms with Crippen molar-refractivity contribution in [2.24, 2.45) is 0 Å². The average molecular weight is 342 g/mol. The van der Waals surface area contributed by atoms with Gasteiger partial charge in [-0.2, -0.15) is 0 Å². The van der Waals surface area contributed by atoms with Gasteiger partial charge in [-0.15, -0.1) is 0 Å². The second kappa shape index (κ2) is 7.92. The number of ether oxygens (including phenoxy) is 1. The molecule has 0 fully saturated rings. The number of phenols is 1. The van der Waals surface area contributed by atoms with Crippen molar-refractivity contribution in [2.45, 2.75) is 65.1 Å². The number of allylic oxidation sites excluding steroid dienone is 2. The predicted octanol–water partition coefficient (Wildman–Crippen LogP) is 5.31. The van der Waals surface area contributed by atoms with Gasteiger partial charge in [0.05, 0.1) is 11.7 Å². The van der Waals surface area contributed by atoms with Crippen molar-refractivity contribution in [1.29, 1.82) is 0 Å². The highest BCUT2D eigenvalue weighted by molar-refractivity contribution is 5.67. The summed E-state index contributed by atoms with van der Waals surface area (Å²) in [5.74, 6) is 1.01. The first-order valence-corrected chi connectivity index (χ1v) is 8.91. The first-order chi connectivity index (χ1) is 11.7. The van der Waals surface area contributed by atoms with Gasteiger partial charge in [0.1, 0.15) is 17.1 Å². The molecule has 2 N–H and O–H groups in total. The van der Waals surface area contributed by atoms with Crippen molar-refractivity contribution in [3.8, 4) is 11.5 Å². The van der Waals surface area contributed by atoms with E-state index in [1.807, 2.05) is 32.1 Å². The van der Waals surface area contributed by atoms with E-state index in [-0.39, 0.29) is 11.4 Å². The van der Waals surface area contributed by atoms with Crippen LogP contribution in [0.5, 0.6) is 11.5 Å². The number of aryl methyl sites for hydroxylation is 1. The van der Waals surface area contributed by atoms with E-state index in [1.165, 1.54) is 5.57 Å². The zero-order chi connectivity index (χ0) is 18.6. The summed E-state index contributed by atoms with van der Waals surface area (Å²) in [5, 5.41) is 19.8. The molecule has 0 saturated carbocycles. The Kier molecular flexibility index (Phi) is 6.12. The molecule has 1 heterocycles. The van der Waals surface area contributed by atoms with E-state index in [0.29, 0.717) is 0 Å². The van der Waals surface area contributed by atoms with Crippen LogP contribution >= 0.6 is 0 Å². The first-order valence-electron chi connectivity index (χ1n) is 8.91. The molecular formula is C22H30O3. The number of aliphatic hydroxyl groups is 1. The number of hydrogen-bond donors (Lipinski definition) is 2. The number of fused-ring (bicyclic) bond motifs is 1. The summed E-state index contributed by atoms with van der Waals surface area (Å²) in [7, 11) is 0. The van der Waals surface area contributed by atoms with Crippen LogP contribution in [0.3, 0.4) is 0 Å². The maximum absolute atomic E-state index is 10.0. The minimum atomic E-state index is -0.419. The van der Waals surface area contributed by atoms with Gasteiger partial charge >= 0.3 is 0 Å². The van der Waals surface area contributed by atoms with Gasteiger partial charge in [-0.1, -0.05) is 23.8 Å². The topological polar surface area (TPSA) is 49.7 Å². The highest BCUT2D eigenvalue weighted by Crippen LogP contribution is 2.38. The Morgan fingerprint density at radius 1 is 1.36 bits per heavy atom. The van der Waals surface area contributed by atoms with Crippen molar-refractivity contribution in [3.05, 3.63) is 53.1 Å². The lowest BCUT2D eigenvalue weighted by molar-refractivity contribution is 0.128. The molecule has 136 valence electrons. The Hall–Kier alpha value is -2.00. The summed E-state index contributed by atoms with van der Waals surface area (Å²) in [6.45, 7) is 11.8. The summed E-state index contributed by atoms with van der Waals surface area (Å²) in [4.78, 5) is 0. The van der Waals surface area contributed by atoms with Crippen LogP contribution in [-0.4, -0.2) is 21.9 Å². The lowest BCUT2D eigenvalue weighted by Crippen LogP contribution is -2.31. The number of aromatic hydroxyl groups is 1. The standard InChI is InChI=1S/C22H30O3/c1-15(2)19(23)9-8-16(3)7-6-11-22(5)12-10-18-20(24)13-17(4)14-21(18)25-22/h7,10,12-14,19,23-24H,1,6,8-9,11H2,2-5H3/t19-,22-/m1/s1. The van der Waals surface area contributed by atoms with Gasteiger partial charge in [0.25, 0.3) is 0 Å². The van der Waals surface area contributed by atoms with Crippen LogP contribution < -0.4 is 4.74 Å². The summed E-state index contributed by atoms with van der Waals surface area (Å²) in [5.41, 5.74) is 3.46. The lowest BCUT2D eigenvalue weighted by atomic mass is 9.93. The zero-order valence-electron chi connectivity index (χ0n) is 15.8. The molecule has 2 atom stereocenters. The number of rotatable bonds is 7. The third-order valence-electron chi connectivity index (χ3n) is 4.72. The van der Waals surface area contributed by atoms with Crippen LogP contribution in [0.4, 0.5) is 0 Å². The van der Waals surface area contributed by atoms with E-state index < -0.39 is 6.10 Å². The third-order valence-corrected chi connectivity index (χ3v) is 4.72. The fourth-order valence-electron chi connectivity index (χ4n) is 2.99. The maximum Gasteiger partial charge on any atom is 0.131 e. The van der Waals surface area contributed by atoms with Crippen LogP contribution in [0.15, 0.2) is 42.0 Å². The van der Waals surface area contributed by atoms with Gasteiger partial charge in [-0.25, -0.2) is 0 Å². The van der Waals surface area contributed by atoms with Crippen molar-refractivity contribution in [3.63, 3.8) is 0 Å². The van der Waals surface area contributed by atoms with Gasteiger partial charge in [-0.3, -0.25) is 0 Å². The monoisotopic (exact) mass is 342 g/mol. The molecule has 3 nitrogen and oxygen atoms in total. The fraction of sp³-hybridized carbons (Fsp3) is 0.455. The van der Waals surface area contributed by atoms with E-state index in [2.05, 4.69) is 26.5 Å². The van der Waals surface area contributed by atoms with E-state index in [1.54, 1.807) is 6.07 Å². The lowest BCUT2D eigenvalue weighted by Gasteiger charge is -2.32. The van der Waals surface area contributed by atoms with Gasteiger partial charge in [0.15, 0.2) is 0 Å². The molecule has 2 rings (SSSR count). The van der Waals surface area contributed by atoms with E-state index in [0.717, 1.165) is 48.1 Å². The number of benzene rings is 1. The second-order valence-corrected chi connectivity index (χ2v) is 7.43. The second-order valence-electron chi connectivity index (χ2n) is 7.43. The summed E-state index contributed by atoms with van der Waals surface area (Å²) in [6.07, 6.45) is 9.14. The van der Waals surface area contributed by atoms with Crippen molar-refractivity contribution in [1.82, 2.24) is 0 Å². The Bertz CT molecular complexity index is 699. The molecular weight excluding hydrogens is 312 g/mol. The predicted molar refractivity (Wildman–Crippen MR) is 104 cm³/mol. The molecule has 3 heteroatoms. The normalized spacial score (nSPS) is 20.8. The molecule has 1 aliphatic heterocycles. The number of phenolic OH excluding ortho intramolecular Hbond substituents is 1. The molecule has 1 aromatic carbocycles. The van der Waals surface area contributed by atoms with Crippen molar-refractivity contribution < 1.29 is 14.9 Å². The largest absolute Gasteiger partial charge is 0.507 e. The smallest absolute Gasteiger partial charge is 0.131 e. The van der Waals surface area contributed by atoms with Gasteiger partial charge in [-0.05, 0) is 83.2 Å². The molecule has 0 spiro atoms. The molecule has 0 saturated heterocycles. The van der Waals surface area contributed by atoms with E-state index in [4.69, 9.17) is 4.74 Å². The molecule has 0 bridgehead atoms. The maximum atomic E-state index is 10.0. The van der Waals surface area contributed by atoms with E-state index >= 15 is 0 Å². The highest BCUT2D eigenvalue weighted by atomic mass is 16.5. The van der Waals surface area contributed by atoms with Crippen molar-refractivity contribution >= 4 is 6.08 Å². The fourth-order valence-corrected chi connectivity index (χ4v) is 2.99. The molecule has 0 aromatic heterocycles. The van der Waals surface area contributed by atoms with Crippen LogP contribution in [0.1, 0.15) is 57.6 Å². The molecule has 1 aromatic rings. The average Bonchev–Trinajstić information content (AvgIpc) is 2.51. The number of hydrogen-bond acceptors (Lipinski definition) is 3. The first kappa shape index (κ1) is 19.3. The molecule has 0 amide bonds. The van der Waals surface area contributed by atoms with Gasteiger partial charge < -0.3 is 14.9 Å². The number of aliphatic hydroxyl groups excluding tert-OH is 1. The molecule has 0 unspecified atom stereocenters. The summed E-state index contributed by atoms with van der Waals surface area (Å²) in [6, 6.07) is 3.72. The van der Waals surface area contributed by atoms with Crippen molar-refractivity contribution in [2.75, 3.05) is 0 Å². The summed E-state index contributed by atoms with van der Waals surface area (Å²) >= 11 is 0. The Labute approximate surface area is 151 Å². The highest BCUT2D eigenvalue weighted by Gasteiger charge is 2.28.